The van der Waals surface area contributed by atoms with Crippen LogP contribution in [0.2, 0.25) is 0 Å². The second-order valence-corrected chi connectivity index (χ2v) is 1.36. The van der Waals surface area contributed by atoms with E-state index in [1.54, 1.807) is 0 Å². The summed E-state index contributed by atoms with van der Waals surface area (Å²) in [4.78, 5) is 0. The second-order valence-electron chi connectivity index (χ2n) is 1.36. The molecule has 0 fully saturated rings. The molecule has 0 bridgehead atoms. The fraction of sp³-hybridized carbons (Fsp3) is 1.00. The maximum Gasteiger partial charge on any atom is 1.00 e. The molecule has 0 aliphatic heterocycles. The average molecular weight is 302 g/mol. The van der Waals surface area contributed by atoms with Crippen molar-refractivity contribution in [2.24, 2.45) is 0 Å². The second kappa shape index (κ2) is 6.11. The standard InChI is InChI=1S/C3H3F5O.Cs.FH/c4-2(5,1-9)3(6,7)8;;/h9H,1H2;;1H/q;+1;/p-1. The number of hydrogen-bond donors (Lipinski definition) is 1. The van der Waals surface area contributed by atoms with Crippen molar-refractivity contribution >= 4 is 0 Å². The van der Waals surface area contributed by atoms with Crippen LogP contribution in [-0.4, -0.2) is 23.8 Å². The van der Waals surface area contributed by atoms with Gasteiger partial charge in [0, 0.05) is 0 Å². The molecule has 11 heavy (non-hydrogen) atoms. The first kappa shape index (κ1) is 18.4. The normalized spacial score (nSPS) is 11.5. The molecule has 0 rings (SSSR count). The molecule has 0 aromatic rings. The Morgan fingerprint density at radius 2 is 1.27 bits per heavy atom. The van der Waals surface area contributed by atoms with E-state index in [2.05, 4.69) is 0 Å². The molecule has 0 aliphatic carbocycles. The Morgan fingerprint density at radius 1 is 1.00 bits per heavy atom. The van der Waals surface area contributed by atoms with Crippen LogP contribution < -0.4 is 73.6 Å². The van der Waals surface area contributed by atoms with Crippen molar-refractivity contribution in [2.75, 3.05) is 6.61 Å². The van der Waals surface area contributed by atoms with Crippen molar-refractivity contribution in [2.45, 2.75) is 12.1 Å². The first-order chi connectivity index (χ1) is 3.81. The van der Waals surface area contributed by atoms with Crippen LogP contribution in [0.3, 0.4) is 0 Å². The Hall–Kier alpha value is 1.59. The van der Waals surface area contributed by atoms with Crippen LogP contribution in [0.15, 0.2) is 0 Å². The molecule has 8 heteroatoms. The first-order valence-corrected chi connectivity index (χ1v) is 1.86. The number of alkyl halides is 5. The zero-order valence-corrected chi connectivity index (χ0v) is 11.7. The molecule has 0 spiro atoms. The van der Waals surface area contributed by atoms with E-state index in [0.29, 0.717) is 0 Å². The smallest absolute Gasteiger partial charge is 1.00 e. The Morgan fingerprint density at radius 3 is 1.27 bits per heavy atom. The van der Waals surface area contributed by atoms with E-state index in [4.69, 9.17) is 5.11 Å². The number of aliphatic hydroxyl groups is 1. The number of hydrogen-bond acceptors (Lipinski definition) is 1. The van der Waals surface area contributed by atoms with Gasteiger partial charge in [-0.2, -0.15) is 22.0 Å². The molecule has 0 amide bonds. The summed E-state index contributed by atoms with van der Waals surface area (Å²) in [5, 5.41) is 7.46. The van der Waals surface area contributed by atoms with Gasteiger partial charge >= 0.3 is 81.0 Å². The van der Waals surface area contributed by atoms with Gasteiger partial charge in [-0.1, -0.05) is 0 Å². The third-order valence-corrected chi connectivity index (χ3v) is 0.613. The predicted molar refractivity (Wildman–Crippen MR) is 18.1 cm³/mol. The quantitative estimate of drug-likeness (QED) is 0.482. The van der Waals surface area contributed by atoms with E-state index in [1.807, 2.05) is 0 Å². The average Bonchev–Trinajstić information content (AvgIpc) is 1.64. The summed E-state index contributed by atoms with van der Waals surface area (Å²) in [5.74, 6) is -4.97. The van der Waals surface area contributed by atoms with Gasteiger partial charge in [0.2, 0.25) is 0 Å². The Kier molecular flexibility index (Phi) is 10.2. The van der Waals surface area contributed by atoms with E-state index >= 15 is 0 Å². The molecule has 64 valence electrons. The third-order valence-electron chi connectivity index (χ3n) is 0.613. The van der Waals surface area contributed by atoms with E-state index in [9.17, 15) is 22.0 Å². The van der Waals surface area contributed by atoms with Crippen molar-refractivity contribution in [3.63, 3.8) is 0 Å². The van der Waals surface area contributed by atoms with Gasteiger partial charge in [-0.25, -0.2) is 0 Å². The molecule has 0 unspecified atom stereocenters. The van der Waals surface area contributed by atoms with Crippen LogP contribution >= 0.6 is 0 Å². The van der Waals surface area contributed by atoms with Crippen molar-refractivity contribution < 1.29 is 101 Å². The summed E-state index contributed by atoms with van der Waals surface area (Å²) < 4.78 is 55.3. The van der Waals surface area contributed by atoms with Crippen molar-refractivity contribution in [3.05, 3.63) is 0 Å². The van der Waals surface area contributed by atoms with Gasteiger partial charge in [0.25, 0.3) is 0 Å². The molecule has 0 aliphatic rings. The molecule has 0 radical (unpaired) electrons. The monoisotopic (exact) mass is 302 g/mol. The molecular formula is C3H3CsF6O. The Balaban J connectivity index is -0.000000320. The topological polar surface area (TPSA) is 20.2 Å². The summed E-state index contributed by atoms with van der Waals surface area (Å²) in [7, 11) is 0. The van der Waals surface area contributed by atoms with Crippen LogP contribution in [0.4, 0.5) is 22.0 Å². The summed E-state index contributed by atoms with van der Waals surface area (Å²) in [6.07, 6.45) is -5.64. The fourth-order valence-electron chi connectivity index (χ4n) is 0.0896. The zero-order chi connectivity index (χ0) is 7.71. The Labute approximate surface area is 117 Å². The first-order valence-electron chi connectivity index (χ1n) is 1.86. The fourth-order valence-corrected chi connectivity index (χ4v) is 0.0896. The van der Waals surface area contributed by atoms with Crippen LogP contribution in [0.5, 0.6) is 0 Å². The minimum atomic E-state index is -5.64. The maximum atomic E-state index is 11.3. The molecule has 0 atom stereocenters. The van der Waals surface area contributed by atoms with Gasteiger partial charge in [0.05, 0.1) is 0 Å². The number of aliphatic hydroxyl groups excluding tert-OH is 1. The molecule has 1 nitrogen and oxygen atoms in total. The van der Waals surface area contributed by atoms with E-state index < -0.39 is 18.7 Å². The summed E-state index contributed by atoms with van der Waals surface area (Å²) in [6, 6.07) is 0. The summed E-state index contributed by atoms with van der Waals surface area (Å²) in [5.41, 5.74) is 0. The van der Waals surface area contributed by atoms with Gasteiger partial charge in [-0.3, -0.25) is 0 Å². The summed E-state index contributed by atoms with van der Waals surface area (Å²) >= 11 is 0. The predicted octanol–water partition coefficient (Wildman–Crippen LogP) is -4.82. The molecule has 0 heterocycles. The molecule has 0 aromatic carbocycles. The van der Waals surface area contributed by atoms with Gasteiger partial charge in [-0.05, 0) is 0 Å². The van der Waals surface area contributed by atoms with Crippen molar-refractivity contribution in [1.29, 1.82) is 0 Å². The van der Waals surface area contributed by atoms with Crippen LogP contribution in [0.1, 0.15) is 0 Å². The third kappa shape index (κ3) is 5.77. The molecule has 1 N–H and O–H groups in total. The van der Waals surface area contributed by atoms with E-state index in [0.717, 1.165) is 0 Å². The van der Waals surface area contributed by atoms with Gasteiger partial charge < -0.3 is 9.81 Å². The summed E-state index contributed by atoms with van der Waals surface area (Å²) in [6.45, 7) is -2.20. The van der Waals surface area contributed by atoms with Gasteiger partial charge in [0.1, 0.15) is 6.61 Å². The molecule has 0 saturated carbocycles. The van der Waals surface area contributed by atoms with Crippen LogP contribution in [0.25, 0.3) is 0 Å². The minimum Gasteiger partial charge on any atom is -1.00 e. The minimum absolute atomic E-state index is 0. The van der Waals surface area contributed by atoms with Gasteiger partial charge in [-0.15, -0.1) is 0 Å². The van der Waals surface area contributed by atoms with Crippen LogP contribution in [0, 0.1) is 0 Å². The largest absolute Gasteiger partial charge is 1.00 e. The number of halogens is 6. The van der Waals surface area contributed by atoms with Crippen molar-refractivity contribution in [1.82, 2.24) is 0 Å². The number of rotatable bonds is 1. The SMILES string of the molecule is OCC(F)(F)C(F)(F)F.[Cs+].[F-]. The molecule has 0 saturated heterocycles. The zero-order valence-electron chi connectivity index (χ0n) is 5.42. The Bertz CT molecular complexity index is 100. The molecule has 0 aromatic heterocycles. The van der Waals surface area contributed by atoms with E-state index in [1.165, 1.54) is 0 Å². The van der Waals surface area contributed by atoms with Crippen molar-refractivity contribution in [3.8, 4) is 0 Å². The van der Waals surface area contributed by atoms with Crippen LogP contribution in [-0.2, 0) is 0 Å². The van der Waals surface area contributed by atoms with E-state index in [-0.39, 0.29) is 73.6 Å². The van der Waals surface area contributed by atoms with Gasteiger partial charge in [0.15, 0.2) is 0 Å². The maximum absolute atomic E-state index is 11.3. The molecular weight excluding hydrogens is 299 g/mol.